The van der Waals surface area contributed by atoms with Crippen LogP contribution in [0.25, 0.3) is 0 Å². The zero-order chi connectivity index (χ0) is 18.4. The summed E-state index contributed by atoms with van der Waals surface area (Å²) in [5.41, 5.74) is 1.72. The van der Waals surface area contributed by atoms with Crippen LogP contribution in [0.5, 0.6) is 11.5 Å². The molecular formula is C21H26O5. The largest absolute Gasteiger partial charge is 0.454 e. The van der Waals surface area contributed by atoms with Gasteiger partial charge in [0.1, 0.15) is 5.60 Å². The molecule has 0 bridgehead atoms. The van der Waals surface area contributed by atoms with E-state index in [1.54, 1.807) is 14.2 Å². The molecule has 1 aromatic carbocycles. The fourth-order valence-electron chi connectivity index (χ4n) is 4.67. The third kappa shape index (κ3) is 2.34. The molecule has 4 unspecified atom stereocenters. The number of fused-ring (bicyclic) bond motifs is 2. The van der Waals surface area contributed by atoms with Crippen molar-refractivity contribution in [3.8, 4) is 11.5 Å². The van der Waals surface area contributed by atoms with Gasteiger partial charge in [-0.15, -0.1) is 6.58 Å². The Morgan fingerprint density at radius 1 is 1.23 bits per heavy atom. The third-order valence-corrected chi connectivity index (χ3v) is 6.04. The molecule has 0 spiro atoms. The predicted molar refractivity (Wildman–Crippen MR) is 97.2 cm³/mol. The topological polar surface area (TPSA) is 46.2 Å². The Kier molecular flexibility index (Phi) is 4.34. The van der Waals surface area contributed by atoms with Gasteiger partial charge in [0.15, 0.2) is 11.5 Å². The number of allylic oxidation sites excluding steroid dienone is 2. The molecule has 0 saturated carbocycles. The van der Waals surface area contributed by atoms with Crippen molar-refractivity contribution in [2.75, 3.05) is 21.0 Å². The van der Waals surface area contributed by atoms with Gasteiger partial charge in [-0.1, -0.05) is 24.6 Å². The smallest absolute Gasteiger partial charge is 0.231 e. The minimum atomic E-state index is -0.799. The quantitative estimate of drug-likeness (QED) is 0.740. The standard InChI is InChI=1S/C21H26O5/c1-5-6-15-9-10-21(23-4)20(12-15,22-3)14(2)19(26-21)16-7-8-17-18(11-16)25-13-24-17/h5,7-8,11-12,14,19H,1,6,9-10,13H2,2-4H3. The summed E-state index contributed by atoms with van der Waals surface area (Å²) in [6.07, 6.45) is 6.49. The molecule has 0 radical (unpaired) electrons. The molecule has 0 N–H and O–H groups in total. The van der Waals surface area contributed by atoms with E-state index in [1.807, 2.05) is 24.3 Å². The maximum Gasteiger partial charge on any atom is 0.231 e. The number of rotatable bonds is 5. The van der Waals surface area contributed by atoms with Crippen molar-refractivity contribution in [3.05, 3.63) is 48.1 Å². The van der Waals surface area contributed by atoms with Crippen LogP contribution >= 0.6 is 0 Å². The molecule has 1 aromatic rings. The highest BCUT2D eigenvalue weighted by atomic mass is 16.7. The SMILES string of the molecule is C=CCC1=CC2(OC)C(C)C(c3ccc4c(c3)OCO4)OC2(OC)CC1. The van der Waals surface area contributed by atoms with E-state index in [0.29, 0.717) is 0 Å². The number of benzene rings is 1. The Morgan fingerprint density at radius 2 is 2.04 bits per heavy atom. The summed E-state index contributed by atoms with van der Waals surface area (Å²) in [5, 5.41) is 0. The number of ether oxygens (including phenoxy) is 5. The molecule has 26 heavy (non-hydrogen) atoms. The molecule has 0 aromatic heterocycles. The molecule has 0 amide bonds. The van der Waals surface area contributed by atoms with Gasteiger partial charge in [0.25, 0.3) is 0 Å². The molecule has 2 heterocycles. The van der Waals surface area contributed by atoms with Gasteiger partial charge in [0.2, 0.25) is 12.6 Å². The molecule has 4 atom stereocenters. The molecule has 4 rings (SSSR count). The fourth-order valence-corrected chi connectivity index (χ4v) is 4.67. The second-order valence-electron chi connectivity index (χ2n) is 7.19. The average Bonchev–Trinajstić information content (AvgIpc) is 3.23. The first kappa shape index (κ1) is 17.6. The van der Waals surface area contributed by atoms with Crippen LogP contribution in [0.15, 0.2) is 42.5 Å². The highest BCUT2D eigenvalue weighted by molar-refractivity contribution is 5.46. The van der Waals surface area contributed by atoms with E-state index in [2.05, 4.69) is 19.6 Å². The normalized spacial score (nSPS) is 35.1. The Hall–Kier alpha value is -1.82. The van der Waals surface area contributed by atoms with Crippen LogP contribution in [0.1, 0.15) is 37.9 Å². The summed E-state index contributed by atoms with van der Waals surface area (Å²) >= 11 is 0. The minimum Gasteiger partial charge on any atom is -0.454 e. The van der Waals surface area contributed by atoms with Gasteiger partial charge in [-0.2, -0.15) is 0 Å². The van der Waals surface area contributed by atoms with Crippen LogP contribution in [0.3, 0.4) is 0 Å². The van der Waals surface area contributed by atoms with Crippen LogP contribution in [-0.2, 0) is 14.2 Å². The van der Waals surface area contributed by atoms with E-state index in [0.717, 1.165) is 36.3 Å². The molecule has 1 saturated heterocycles. The first-order chi connectivity index (χ1) is 12.6. The lowest BCUT2D eigenvalue weighted by Gasteiger charge is -2.45. The summed E-state index contributed by atoms with van der Waals surface area (Å²) in [4.78, 5) is 0. The van der Waals surface area contributed by atoms with Crippen LogP contribution in [-0.4, -0.2) is 32.4 Å². The fraction of sp³-hybridized carbons (Fsp3) is 0.524. The Labute approximate surface area is 154 Å². The third-order valence-electron chi connectivity index (χ3n) is 6.04. The first-order valence-corrected chi connectivity index (χ1v) is 9.08. The van der Waals surface area contributed by atoms with E-state index >= 15 is 0 Å². The van der Waals surface area contributed by atoms with Gasteiger partial charge in [-0.25, -0.2) is 0 Å². The Morgan fingerprint density at radius 3 is 2.77 bits per heavy atom. The van der Waals surface area contributed by atoms with Crippen molar-refractivity contribution in [2.24, 2.45) is 5.92 Å². The summed E-state index contributed by atoms with van der Waals surface area (Å²) in [5.74, 6) is 0.794. The van der Waals surface area contributed by atoms with Gasteiger partial charge < -0.3 is 23.7 Å². The molecule has 1 fully saturated rings. The van der Waals surface area contributed by atoms with Crippen molar-refractivity contribution < 1.29 is 23.7 Å². The van der Waals surface area contributed by atoms with E-state index in [4.69, 9.17) is 23.7 Å². The molecule has 140 valence electrons. The second kappa shape index (κ2) is 6.41. The van der Waals surface area contributed by atoms with E-state index in [1.165, 1.54) is 5.57 Å². The van der Waals surface area contributed by atoms with Gasteiger partial charge >= 0.3 is 0 Å². The lowest BCUT2D eigenvalue weighted by atomic mass is 9.73. The number of hydrogen-bond donors (Lipinski definition) is 0. The van der Waals surface area contributed by atoms with Crippen molar-refractivity contribution in [1.29, 1.82) is 0 Å². The monoisotopic (exact) mass is 358 g/mol. The molecule has 1 aliphatic carbocycles. The van der Waals surface area contributed by atoms with Crippen molar-refractivity contribution >= 4 is 0 Å². The van der Waals surface area contributed by atoms with Crippen LogP contribution in [0, 0.1) is 5.92 Å². The highest BCUT2D eigenvalue weighted by Gasteiger charge is 2.65. The summed E-state index contributed by atoms with van der Waals surface area (Å²) in [6.45, 7) is 6.29. The molecule has 5 heteroatoms. The molecule has 3 aliphatic rings. The summed E-state index contributed by atoms with van der Waals surface area (Å²) < 4.78 is 29.6. The average molecular weight is 358 g/mol. The van der Waals surface area contributed by atoms with E-state index in [9.17, 15) is 0 Å². The van der Waals surface area contributed by atoms with Crippen molar-refractivity contribution in [2.45, 2.75) is 43.7 Å². The van der Waals surface area contributed by atoms with Gasteiger partial charge in [-0.05, 0) is 36.6 Å². The minimum absolute atomic E-state index is 0.0629. The summed E-state index contributed by atoms with van der Waals surface area (Å²) in [7, 11) is 3.44. The lowest BCUT2D eigenvalue weighted by Crippen LogP contribution is -2.56. The van der Waals surface area contributed by atoms with Crippen LogP contribution in [0.2, 0.25) is 0 Å². The molecular weight excluding hydrogens is 332 g/mol. The van der Waals surface area contributed by atoms with Gasteiger partial charge in [0, 0.05) is 26.6 Å². The summed E-state index contributed by atoms with van der Waals surface area (Å²) in [6, 6.07) is 5.97. The predicted octanol–water partition coefficient (Wildman–Crippen LogP) is 4.15. The lowest BCUT2D eigenvalue weighted by molar-refractivity contribution is -0.279. The molecule has 2 aliphatic heterocycles. The van der Waals surface area contributed by atoms with Crippen LogP contribution < -0.4 is 9.47 Å². The Bertz CT molecular complexity index is 742. The maximum absolute atomic E-state index is 6.57. The van der Waals surface area contributed by atoms with Crippen LogP contribution in [0.4, 0.5) is 0 Å². The van der Waals surface area contributed by atoms with E-state index < -0.39 is 11.4 Å². The zero-order valence-electron chi connectivity index (χ0n) is 15.6. The number of methoxy groups -OCH3 is 2. The maximum atomic E-state index is 6.57. The number of hydrogen-bond acceptors (Lipinski definition) is 5. The van der Waals surface area contributed by atoms with Gasteiger partial charge in [-0.3, -0.25) is 0 Å². The first-order valence-electron chi connectivity index (χ1n) is 9.08. The Balaban J connectivity index is 1.76. The second-order valence-corrected chi connectivity index (χ2v) is 7.19. The molecule has 5 nitrogen and oxygen atoms in total. The van der Waals surface area contributed by atoms with Crippen molar-refractivity contribution in [1.82, 2.24) is 0 Å². The zero-order valence-corrected chi connectivity index (χ0v) is 15.6. The van der Waals surface area contributed by atoms with Crippen molar-refractivity contribution in [3.63, 3.8) is 0 Å². The van der Waals surface area contributed by atoms with Gasteiger partial charge in [0.05, 0.1) is 6.10 Å². The van der Waals surface area contributed by atoms with E-state index in [-0.39, 0.29) is 18.8 Å². The highest BCUT2D eigenvalue weighted by Crippen LogP contribution is 2.58.